The molecule has 0 amide bonds. The van der Waals surface area contributed by atoms with Gasteiger partial charge in [0.05, 0.1) is 5.39 Å². The summed E-state index contributed by atoms with van der Waals surface area (Å²) in [6.07, 6.45) is 2.25. The van der Waals surface area contributed by atoms with Crippen molar-refractivity contribution < 1.29 is 5.11 Å². The van der Waals surface area contributed by atoms with E-state index < -0.39 is 0 Å². The van der Waals surface area contributed by atoms with Crippen LogP contribution in [0, 0.1) is 0 Å². The number of fused-ring (bicyclic) bond motifs is 1. The fourth-order valence-electron chi connectivity index (χ4n) is 1.55. The average molecular weight is 237 g/mol. The van der Waals surface area contributed by atoms with Gasteiger partial charge < -0.3 is 10.4 Å². The molecule has 2 aromatic rings. The number of anilines is 1. The third kappa shape index (κ3) is 2.31. The molecule has 0 aromatic carbocycles. The Morgan fingerprint density at radius 2 is 2.25 bits per heavy atom. The van der Waals surface area contributed by atoms with Crippen molar-refractivity contribution in [3.05, 3.63) is 17.8 Å². The molecule has 86 valence electrons. The highest BCUT2D eigenvalue weighted by Gasteiger charge is 2.18. The second kappa shape index (κ2) is 4.35. The Balaban J connectivity index is 2.30. The van der Waals surface area contributed by atoms with Gasteiger partial charge in [0.15, 0.2) is 0 Å². The standard InChI is InChI=1S/C11H15N3OS/c1-11(2,4-5-15)14-9-8-3-6-16-10(8)13-7-12-9/h3,6-7,15H,4-5H2,1-2H3,(H,12,13,14). The van der Waals surface area contributed by atoms with Crippen LogP contribution in [0.5, 0.6) is 0 Å². The van der Waals surface area contributed by atoms with E-state index >= 15 is 0 Å². The lowest BCUT2D eigenvalue weighted by atomic mass is 10.0. The quantitative estimate of drug-likeness (QED) is 0.856. The molecule has 0 spiro atoms. The van der Waals surface area contributed by atoms with Crippen molar-refractivity contribution >= 4 is 27.4 Å². The molecule has 0 unspecified atom stereocenters. The van der Waals surface area contributed by atoms with Gasteiger partial charge in [-0.1, -0.05) is 0 Å². The molecule has 0 bridgehead atoms. The van der Waals surface area contributed by atoms with E-state index in [1.165, 1.54) is 0 Å². The molecule has 0 saturated carbocycles. The number of aliphatic hydroxyl groups excluding tert-OH is 1. The summed E-state index contributed by atoms with van der Waals surface area (Å²) in [5.74, 6) is 0.838. The van der Waals surface area contributed by atoms with Gasteiger partial charge in [-0.2, -0.15) is 0 Å². The van der Waals surface area contributed by atoms with E-state index in [0.717, 1.165) is 16.0 Å². The van der Waals surface area contributed by atoms with Crippen LogP contribution < -0.4 is 5.32 Å². The lowest BCUT2D eigenvalue weighted by Gasteiger charge is -2.26. The fourth-order valence-corrected chi connectivity index (χ4v) is 2.28. The highest BCUT2D eigenvalue weighted by Crippen LogP contribution is 2.26. The van der Waals surface area contributed by atoms with Crippen LogP contribution in [0.1, 0.15) is 20.3 Å². The number of nitrogens with zero attached hydrogens (tertiary/aromatic N) is 2. The molecule has 4 nitrogen and oxygen atoms in total. The van der Waals surface area contributed by atoms with Crippen molar-refractivity contribution in [2.75, 3.05) is 11.9 Å². The predicted octanol–water partition coefficient (Wildman–Crippen LogP) is 2.26. The zero-order valence-corrected chi connectivity index (χ0v) is 10.2. The molecule has 0 fully saturated rings. The summed E-state index contributed by atoms with van der Waals surface area (Å²) in [5.41, 5.74) is -0.169. The maximum Gasteiger partial charge on any atom is 0.138 e. The number of thiophene rings is 1. The van der Waals surface area contributed by atoms with Gasteiger partial charge in [0, 0.05) is 12.1 Å². The number of hydrogen-bond donors (Lipinski definition) is 2. The zero-order valence-electron chi connectivity index (χ0n) is 9.40. The second-order valence-electron chi connectivity index (χ2n) is 4.34. The number of rotatable bonds is 4. The summed E-state index contributed by atoms with van der Waals surface area (Å²) >= 11 is 1.60. The van der Waals surface area contributed by atoms with E-state index in [1.807, 2.05) is 25.3 Å². The summed E-state index contributed by atoms with van der Waals surface area (Å²) in [5, 5.41) is 15.4. The maximum absolute atomic E-state index is 8.98. The first kappa shape index (κ1) is 11.3. The van der Waals surface area contributed by atoms with E-state index in [0.29, 0.717) is 6.42 Å². The van der Waals surface area contributed by atoms with Gasteiger partial charge in [-0.15, -0.1) is 11.3 Å². The highest BCUT2D eigenvalue weighted by molar-refractivity contribution is 7.16. The molecule has 2 aromatic heterocycles. The molecule has 2 heterocycles. The van der Waals surface area contributed by atoms with Crippen LogP contribution in [0.3, 0.4) is 0 Å². The molecule has 0 aliphatic rings. The molecule has 2 rings (SSSR count). The third-order valence-corrected chi connectivity index (χ3v) is 3.28. The van der Waals surface area contributed by atoms with Crippen molar-refractivity contribution in [1.82, 2.24) is 9.97 Å². The Kier molecular flexibility index (Phi) is 3.07. The lowest BCUT2D eigenvalue weighted by molar-refractivity contribution is 0.260. The van der Waals surface area contributed by atoms with E-state index in [9.17, 15) is 0 Å². The minimum atomic E-state index is -0.169. The topological polar surface area (TPSA) is 58.0 Å². The predicted molar refractivity (Wildman–Crippen MR) is 66.8 cm³/mol. The maximum atomic E-state index is 8.98. The monoisotopic (exact) mass is 237 g/mol. The largest absolute Gasteiger partial charge is 0.396 e. The van der Waals surface area contributed by atoms with Gasteiger partial charge >= 0.3 is 0 Å². The minimum absolute atomic E-state index is 0.165. The Morgan fingerprint density at radius 3 is 3.00 bits per heavy atom. The first-order chi connectivity index (χ1) is 7.62. The highest BCUT2D eigenvalue weighted by atomic mass is 32.1. The molecule has 0 saturated heterocycles. The molecular weight excluding hydrogens is 222 g/mol. The normalized spacial score (nSPS) is 11.9. The molecule has 0 radical (unpaired) electrons. The minimum Gasteiger partial charge on any atom is -0.396 e. The van der Waals surface area contributed by atoms with Crippen molar-refractivity contribution in [2.24, 2.45) is 0 Å². The van der Waals surface area contributed by atoms with Gasteiger partial charge in [-0.25, -0.2) is 9.97 Å². The molecule has 2 N–H and O–H groups in total. The SMILES string of the molecule is CC(C)(CCO)Nc1ncnc2sccc12. The number of aliphatic hydroxyl groups is 1. The van der Waals surface area contributed by atoms with Crippen LogP contribution in [-0.4, -0.2) is 27.2 Å². The van der Waals surface area contributed by atoms with Crippen molar-refractivity contribution in [2.45, 2.75) is 25.8 Å². The Bertz CT molecular complexity index is 481. The molecule has 5 heteroatoms. The van der Waals surface area contributed by atoms with Crippen molar-refractivity contribution in [3.63, 3.8) is 0 Å². The first-order valence-electron chi connectivity index (χ1n) is 5.20. The van der Waals surface area contributed by atoms with Crippen LogP contribution >= 0.6 is 11.3 Å². The Morgan fingerprint density at radius 1 is 1.44 bits per heavy atom. The summed E-state index contributed by atoms with van der Waals surface area (Å²) < 4.78 is 0. The number of nitrogens with one attached hydrogen (secondary N) is 1. The van der Waals surface area contributed by atoms with Gasteiger partial charge in [-0.3, -0.25) is 0 Å². The summed E-state index contributed by atoms with van der Waals surface area (Å²) in [7, 11) is 0. The van der Waals surface area contributed by atoms with Crippen LogP contribution in [0.25, 0.3) is 10.2 Å². The van der Waals surface area contributed by atoms with E-state index in [1.54, 1.807) is 17.7 Å². The number of aromatic nitrogens is 2. The fraction of sp³-hybridized carbons (Fsp3) is 0.455. The van der Waals surface area contributed by atoms with Crippen LogP contribution in [0.2, 0.25) is 0 Å². The summed E-state index contributed by atoms with van der Waals surface area (Å²) in [6, 6.07) is 2.01. The molecule has 0 aliphatic heterocycles. The van der Waals surface area contributed by atoms with Crippen molar-refractivity contribution in [1.29, 1.82) is 0 Å². The lowest BCUT2D eigenvalue weighted by Crippen LogP contribution is -2.32. The summed E-state index contributed by atoms with van der Waals surface area (Å²) in [6.45, 7) is 4.25. The Labute approximate surface area is 98.4 Å². The Hall–Kier alpha value is -1.20. The smallest absolute Gasteiger partial charge is 0.138 e. The molecule has 0 aliphatic carbocycles. The van der Waals surface area contributed by atoms with E-state index in [4.69, 9.17) is 5.11 Å². The molecule has 0 atom stereocenters. The van der Waals surface area contributed by atoms with Gasteiger partial charge in [0.2, 0.25) is 0 Å². The van der Waals surface area contributed by atoms with Crippen LogP contribution in [0.4, 0.5) is 5.82 Å². The summed E-state index contributed by atoms with van der Waals surface area (Å²) in [4.78, 5) is 9.43. The van der Waals surface area contributed by atoms with Crippen LogP contribution in [0.15, 0.2) is 17.8 Å². The van der Waals surface area contributed by atoms with E-state index in [2.05, 4.69) is 15.3 Å². The first-order valence-corrected chi connectivity index (χ1v) is 6.07. The van der Waals surface area contributed by atoms with Gasteiger partial charge in [0.1, 0.15) is 17.0 Å². The van der Waals surface area contributed by atoms with Crippen molar-refractivity contribution in [3.8, 4) is 0 Å². The van der Waals surface area contributed by atoms with E-state index in [-0.39, 0.29) is 12.1 Å². The number of hydrogen-bond acceptors (Lipinski definition) is 5. The molecular formula is C11H15N3OS. The second-order valence-corrected chi connectivity index (χ2v) is 5.24. The van der Waals surface area contributed by atoms with Gasteiger partial charge in [-0.05, 0) is 31.7 Å². The third-order valence-electron chi connectivity index (χ3n) is 2.46. The zero-order chi connectivity index (χ0) is 11.6. The van der Waals surface area contributed by atoms with Crippen LogP contribution in [-0.2, 0) is 0 Å². The van der Waals surface area contributed by atoms with Gasteiger partial charge in [0.25, 0.3) is 0 Å². The molecule has 16 heavy (non-hydrogen) atoms. The average Bonchev–Trinajstić information content (AvgIpc) is 2.65.